The zero-order valence-corrected chi connectivity index (χ0v) is 12.1. The molecule has 0 aromatic rings. The Labute approximate surface area is 119 Å². The van der Waals surface area contributed by atoms with E-state index in [1.54, 1.807) is 0 Å². The zero-order chi connectivity index (χ0) is 13.2. The number of rotatable bonds is 3. The molecule has 2 N–H and O–H groups in total. The van der Waals surface area contributed by atoms with E-state index in [1.165, 1.54) is 12.8 Å². The highest BCUT2D eigenvalue weighted by molar-refractivity contribution is 5.85. The highest BCUT2D eigenvalue weighted by Crippen LogP contribution is 2.28. The average molecular weight is 297 g/mol. The second-order valence-corrected chi connectivity index (χ2v) is 5.88. The molecule has 2 fully saturated rings. The van der Waals surface area contributed by atoms with E-state index in [0.717, 1.165) is 18.8 Å². The van der Waals surface area contributed by atoms with Gasteiger partial charge in [0.25, 0.3) is 5.92 Å². The Morgan fingerprint density at radius 1 is 1.42 bits per heavy atom. The van der Waals surface area contributed by atoms with Crippen LogP contribution in [-0.4, -0.2) is 31.0 Å². The molecular weight excluding hydrogens is 274 g/mol. The first-order valence-electron chi connectivity index (χ1n) is 6.85. The molecule has 3 atom stereocenters. The van der Waals surface area contributed by atoms with Crippen LogP contribution in [0.4, 0.5) is 8.78 Å². The van der Waals surface area contributed by atoms with E-state index in [0.29, 0.717) is 12.5 Å². The molecular formula is C13H23ClF2N2O. The van der Waals surface area contributed by atoms with Gasteiger partial charge in [0.15, 0.2) is 0 Å². The van der Waals surface area contributed by atoms with Gasteiger partial charge in [0.05, 0.1) is 12.6 Å². The molecule has 6 heteroatoms. The van der Waals surface area contributed by atoms with Crippen LogP contribution >= 0.6 is 12.4 Å². The fourth-order valence-electron chi connectivity index (χ4n) is 3.01. The Morgan fingerprint density at radius 3 is 2.74 bits per heavy atom. The van der Waals surface area contributed by atoms with Crippen molar-refractivity contribution in [3.05, 3.63) is 0 Å². The summed E-state index contributed by atoms with van der Waals surface area (Å²) in [5, 5.41) is 5.40. The van der Waals surface area contributed by atoms with Crippen molar-refractivity contribution in [3.8, 4) is 0 Å². The number of nitrogens with one attached hydrogen (secondary N) is 2. The number of hydrogen-bond acceptors (Lipinski definition) is 2. The number of amides is 1. The molecule has 1 saturated carbocycles. The van der Waals surface area contributed by atoms with Crippen LogP contribution in [0.5, 0.6) is 0 Å². The van der Waals surface area contributed by atoms with Crippen LogP contribution in [0.15, 0.2) is 0 Å². The van der Waals surface area contributed by atoms with E-state index in [2.05, 4.69) is 17.6 Å². The monoisotopic (exact) mass is 296 g/mol. The first-order valence-corrected chi connectivity index (χ1v) is 6.85. The van der Waals surface area contributed by atoms with Crippen molar-refractivity contribution in [1.82, 2.24) is 10.6 Å². The van der Waals surface area contributed by atoms with E-state index in [4.69, 9.17) is 0 Å². The van der Waals surface area contributed by atoms with Crippen LogP contribution < -0.4 is 10.6 Å². The Balaban J connectivity index is 0.00000180. The van der Waals surface area contributed by atoms with Crippen molar-refractivity contribution in [2.45, 2.75) is 51.0 Å². The van der Waals surface area contributed by atoms with E-state index >= 15 is 0 Å². The molecule has 3 unspecified atom stereocenters. The van der Waals surface area contributed by atoms with Crippen LogP contribution in [0.25, 0.3) is 0 Å². The molecule has 1 saturated heterocycles. The van der Waals surface area contributed by atoms with Crippen molar-refractivity contribution in [2.24, 2.45) is 11.8 Å². The number of carbonyl (C=O) groups excluding carboxylic acids is 1. The number of halogens is 3. The van der Waals surface area contributed by atoms with Gasteiger partial charge in [0.2, 0.25) is 5.91 Å². The van der Waals surface area contributed by atoms with E-state index in [9.17, 15) is 13.6 Å². The normalized spacial score (nSPS) is 33.5. The smallest absolute Gasteiger partial charge is 0.262 e. The summed E-state index contributed by atoms with van der Waals surface area (Å²) in [6, 6.07) is -0.721. The highest BCUT2D eigenvalue weighted by atomic mass is 35.5. The van der Waals surface area contributed by atoms with Crippen molar-refractivity contribution in [1.29, 1.82) is 0 Å². The standard InChI is InChI=1S/C13H22F2N2O.ClH/c1-9-3-2-4-10(5-9)7-16-12(18)11-6-13(14,15)8-17-11;/h9-11,17H,2-8H2,1H3,(H,16,18);1H. The van der Waals surface area contributed by atoms with Gasteiger partial charge in [-0.1, -0.05) is 19.8 Å². The van der Waals surface area contributed by atoms with Crippen LogP contribution in [-0.2, 0) is 4.79 Å². The number of hydrogen-bond donors (Lipinski definition) is 2. The topological polar surface area (TPSA) is 41.1 Å². The minimum absolute atomic E-state index is 0. The van der Waals surface area contributed by atoms with Gasteiger partial charge in [-0.25, -0.2) is 8.78 Å². The molecule has 19 heavy (non-hydrogen) atoms. The molecule has 1 amide bonds. The maximum atomic E-state index is 13.0. The third-order valence-corrected chi connectivity index (χ3v) is 4.04. The van der Waals surface area contributed by atoms with Gasteiger partial charge in [-0.15, -0.1) is 12.4 Å². The lowest BCUT2D eigenvalue weighted by Crippen LogP contribution is -2.42. The number of alkyl halides is 2. The largest absolute Gasteiger partial charge is 0.354 e. The minimum atomic E-state index is -2.73. The molecule has 0 radical (unpaired) electrons. The molecule has 1 heterocycles. The lowest BCUT2D eigenvalue weighted by Gasteiger charge is -2.27. The van der Waals surface area contributed by atoms with Gasteiger partial charge >= 0.3 is 0 Å². The van der Waals surface area contributed by atoms with Crippen molar-refractivity contribution in [3.63, 3.8) is 0 Å². The lowest BCUT2D eigenvalue weighted by molar-refractivity contribution is -0.123. The summed E-state index contributed by atoms with van der Waals surface area (Å²) in [7, 11) is 0. The first-order chi connectivity index (χ1) is 8.46. The molecule has 3 nitrogen and oxygen atoms in total. The van der Waals surface area contributed by atoms with Crippen LogP contribution in [0.2, 0.25) is 0 Å². The second kappa shape index (κ2) is 6.84. The van der Waals surface area contributed by atoms with Gasteiger partial charge in [-0.05, 0) is 24.7 Å². The Bertz CT molecular complexity index is 315. The molecule has 0 aromatic carbocycles. The van der Waals surface area contributed by atoms with Gasteiger partial charge in [-0.3, -0.25) is 10.1 Å². The fourth-order valence-corrected chi connectivity index (χ4v) is 3.01. The highest BCUT2D eigenvalue weighted by Gasteiger charge is 2.42. The second-order valence-electron chi connectivity index (χ2n) is 5.88. The van der Waals surface area contributed by atoms with E-state index in [1.807, 2.05) is 0 Å². The zero-order valence-electron chi connectivity index (χ0n) is 11.3. The molecule has 1 aliphatic carbocycles. The average Bonchev–Trinajstić information content (AvgIpc) is 2.67. The predicted octanol–water partition coefficient (Wildman–Crippen LogP) is 2.35. The maximum absolute atomic E-state index is 13.0. The Kier molecular flexibility index (Phi) is 5.99. The van der Waals surface area contributed by atoms with Crippen LogP contribution in [0.1, 0.15) is 39.0 Å². The summed E-state index contributed by atoms with van der Waals surface area (Å²) in [6.07, 6.45) is 4.37. The lowest BCUT2D eigenvalue weighted by atomic mass is 9.82. The SMILES string of the molecule is CC1CCCC(CNC(=O)C2CC(F)(F)CN2)C1.Cl. The summed E-state index contributed by atoms with van der Waals surface area (Å²) in [5.74, 6) is -1.78. The molecule has 2 aliphatic rings. The van der Waals surface area contributed by atoms with Crippen molar-refractivity contribution < 1.29 is 13.6 Å². The maximum Gasteiger partial charge on any atom is 0.262 e. The molecule has 112 valence electrons. The summed E-state index contributed by atoms with van der Waals surface area (Å²) < 4.78 is 25.9. The third-order valence-electron chi connectivity index (χ3n) is 4.04. The summed E-state index contributed by atoms with van der Waals surface area (Å²) in [5.41, 5.74) is 0. The van der Waals surface area contributed by atoms with Crippen molar-refractivity contribution in [2.75, 3.05) is 13.1 Å². The van der Waals surface area contributed by atoms with E-state index in [-0.39, 0.29) is 31.3 Å². The Hall–Kier alpha value is -0.420. The van der Waals surface area contributed by atoms with Gasteiger partial charge in [-0.2, -0.15) is 0 Å². The van der Waals surface area contributed by atoms with E-state index < -0.39 is 12.0 Å². The summed E-state index contributed by atoms with van der Waals surface area (Å²) in [6.45, 7) is 2.48. The van der Waals surface area contributed by atoms with Crippen molar-refractivity contribution >= 4 is 18.3 Å². The fraction of sp³-hybridized carbons (Fsp3) is 0.923. The molecule has 0 aromatic heterocycles. The minimum Gasteiger partial charge on any atom is -0.354 e. The summed E-state index contributed by atoms with van der Waals surface area (Å²) in [4.78, 5) is 11.8. The third kappa shape index (κ3) is 4.88. The van der Waals surface area contributed by atoms with Gasteiger partial charge in [0, 0.05) is 13.0 Å². The van der Waals surface area contributed by atoms with Gasteiger partial charge in [0.1, 0.15) is 0 Å². The molecule has 0 spiro atoms. The number of carbonyl (C=O) groups is 1. The molecule has 0 bridgehead atoms. The quantitative estimate of drug-likeness (QED) is 0.839. The van der Waals surface area contributed by atoms with Crippen LogP contribution in [0, 0.1) is 11.8 Å². The van der Waals surface area contributed by atoms with Crippen LogP contribution in [0.3, 0.4) is 0 Å². The predicted molar refractivity (Wildman–Crippen MR) is 72.7 cm³/mol. The van der Waals surface area contributed by atoms with Gasteiger partial charge < -0.3 is 5.32 Å². The Morgan fingerprint density at radius 2 is 2.16 bits per heavy atom. The first kappa shape index (κ1) is 16.6. The molecule has 1 aliphatic heterocycles. The summed E-state index contributed by atoms with van der Waals surface area (Å²) >= 11 is 0. The molecule has 2 rings (SSSR count).